The molecule has 0 bridgehead atoms. The molecule has 1 saturated heterocycles. The monoisotopic (exact) mass is 947 g/mol. The number of benzene rings is 2. The predicted octanol–water partition coefficient (Wildman–Crippen LogP) is 5.96. The van der Waals surface area contributed by atoms with Crippen molar-refractivity contribution in [2.75, 3.05) is 66.0 Å². The molecule has 2 amide bonds. The molecule has 4 aliphatic carbocycles. The fourth-order valence-electron chi connectivity index (χ4n) is 11.4. The predicted molar refractivity (Wildman–Crippen MR) is 241 cm³/mol. The van der Waals surface area contributed by atoms with Crippen LogP contribution in [0.5, 0.6) is 0 Å². The molecule has 4 fully saturated rings. The van der Waals surface area contributed by atoms with Crippen LogP contribution in [0, 0.1) is 22.7 Å². The fraction of sp³-hybridized carbons (Fsp3) is 0.529. The van der Waals surface area contributed by atoms with Gasteiger partial charge in [0.15, 0.2) is 23.3 Å². The van der Waals surface area contributed by atoms with Crippen LogP contribution in [0.3, 0.4) is 0 Å². The van der Waals surface area contributed by atoms with E-state index in [0.29, 0.717) is 50.8 Å². The van der Waals surface area contributed by atoms with E-state index < -0.39 is 71.0 Å². The van der Waals surface area contributed by atoms with Gasteiger partial charge in [0.1, 0.15) is 18.6 Å². The zero-order valence-electron chi connectivity index (χ0n) is 37.9. The Morgan fingerprint density at radius 1 is 0.881 bits per heavy atom. The molecule has 6 aliphatic rings. The molecule has 10 atom stereocenters. The Morgan fingerprint density at radius 2 is 1.54 bits per heavy atom. The Balaban J connectivity index is 0.774. The molecule has 0 aromatic heterocycles. The molecule has 2 heterocycles. The first-order valence-electron chi connectivity index (χ1n) is 23.0. The average Bonchev–Trinajstić information content (AvgIpc) is 3.93. The van der Waals surface area contributed by atoms with Gasteiger partial charge in [-0.3, -0.25) is 24.1 Å². The second-order valence-corrected chi connectivity index (χ2v) is 19.7. The Hall–Kier alpha value is -4.23. The number of rotatable bonds is 22. The van der Waals surface area contributed by atoms with Gasteiger partial charge in [0.05, 0.1) is 71.6 Å². The number of ketones is 2. The highest BCUT2D eigenvalue weighted by Crippen LogP contribution is 2.72. The number of carbonyl (C=O) groups is 4. The summed E-state index contributed by atoms with van der Waals surface area (Å²) in [7, 11) is 0. The number of halogens is 2. The number of imide groups is 1. The summed E-state index contributed by atoms with van der Waals surface area (Å²) in [6, 6.07) is 15.3. The quantitative estimate of drug-likeness (QED) is 0.105. The molecule has 2 aromatic rings. The molecule has 360 valence electrons. The second-order valence-electron chi connectivity index (χ2n) is 18.6. The SMILES string of the molecule is C=C1C=C[C@@]2(C)C(=C1)[C@@H](F)C[C@H]1[C@@H]3C[C@H]4O[C@@H](c5ccc(Sc6cccc(CC(=O)CCOCCOCCOCCOCCN7C(=O)C=CC7=O)c6)cc5)O[C@@]4(C(=O)CO)[C@@]3(C)C[C@H](O)[C@@]12F. The normalized spacial score (nSPS) is 32.8. The lowest BCUT2D eigenvalue weighted by molar-refractivity contribution is -0.235. The average molecular weight is 948 g/mol. The van der Waals surface area contributed by atoms with E-state index in [-0.39, 0.29) is 75.0 Å². The van der Waals surface area contributed by atoms with Crippen molar-refractivity contribution in [3.63, 3.8) is 0 Å². The number of carbonyl (C=O) groups excluding carboxylic acids is 4. The van der Waals surface area contributed by atoms with Crippen LogP contribution in [0.2, 0.25) is 0 Å². The zero-order chi connectivity index (χ0) is 47.6. The van der Waals surface area contributed by atoms with Crippen molar-refractivity contribution in [2.24, 2.45) is 22.7 Å². The van der Waals surface area contributed by atoms with Gasteiger partial charge in [-0.1, -0.05) is 67.8 Å². The molecule has 67 heavy (non-hydrogen) atoms. The molecule has 3 saturated carbocycles. The highest BCUT2D eigenvalue weighted by Gasteiger charge is 2.80. The number of fused-ring (bicyclic) bond motifs is 7. The van der Waals surface area contributed by atoms with Crippen LogP contribution in [0.25, 0.3) is 0 Å². The van der Waals surface area contributed by atoms with E-state index >= 15 is 8.78 Å². The highest BCUT2D eigenvalue weighted by molar-refractivity contribution is 7.99. The molecule has 8 rings (SSSR count). The third-order valence-electron chi connectivity index (χ3n) is 14.7. The van der Waals surface area contributed by atoms with Gasteiger partial charge in [-0.25, -0.2) is 8.78 Å². The van der Waals surface area contributed by atoms with Crippen LogP contribution in [-0.2, 0) is 54.0 Å². The largest absolute Gasteiger partial charge is 0.390 e. The first kappa shape index (κ1) is 49.2. The molecule has 2 N–H and O–H groups in total. The van der Waals surface area contributed by atoms with Gasteiger partial charge in [-0.05, 0) is 73.1 Å². The Morgan fingerprint density at radius 3 is 2.21 bits per heavy atom. The van der Waals surface area contributed by atoms with E-state index in [4.69, 9.17) is 28.4 Å². The van der Waals surface area contributed by atoms with E-state index in [9.17, 15) is 29.4 Å². The first-order chi connectivity index (χ1) is 32.1. The summed E-state index contributed by atoms with van der Waals surface area (Å²) in [5, 5.41) is 22.2. The van der Waals surface area contributed by atoms with Crippen molar-refractivity contribution in [2.45, 2.75) is 91.7 Å². The minimum Gasteiger partial charge on any atom is -0.390 e. The lowest BCUT2D eigenvalue weighted by Gasteiger charge is -2.63. The van der Waals surface area contributed by atoms with Crippen molar-refractivity contribution in [3.05, 3.63) is 108 Å². The minimum atomic E-state index is -2.22. The number of allylic oxidation sites excluding steroid dienone is 5. The topological polar surface area (TPSA) is 167 Å². The van der Waals surface area contributed by atoms with Crippen LogP contribution in [0.15, 0.2) is 106 Å². The van der Waals surface area contributed by atoms with Crippen LogP contribution < -0.4 is 0 Å². The molecule has 2 aromatic carbocycles. The third-order valence-corrected chi connectivity index (χ3v) is 15.7. The summed E-state index contributed by atoms with van der Waals surface area (Å²) in [5.74, 6) is -2.77. The van der Waals surface area contributed by atoms with Crippen molar-refractivity contribution < 1.29 is 66.6 Å². The standard InChI is InChI=1S/C51H59F2NO12S/c1-32-13-15-48(2)40(25-32)41(52)28-39-38-29-44-51(43(58)31-55,49(38,3)30-42(57)50(39,48)53)66-47(65-44)34-7-9-36(10-8-34)67-37-6-4-5-33(27-37)26-35(56)14-17-61-19-21-63-23-24-64-22-20-62-18-16-54-45(59)11-12-46(54)60/h4-13,15,25,27,38-39,41-42,44,47,55,57H,1,14,16-24,26,28-31H2,2-3H3/t38-,39-,41-,42-,44+,47+,48-,49-,50-,51+/m0/s1. The number of hydrogen-bond acceptors (Lipinski definition) is 13. The van der Waals surface area contributed by atoms with Crippen molar-refractivity contribution in [1.82, 2.24) is 4.90 Å². The van der Waals surface area contributed by atoms with E-state index in [2.05, 4.69) is 6.58 Å². The van der Waals surface area contributed by atoms with Crippen molar-refractivity contribution >= 4 is 35.1 Å². The Labute approximate surface area is 393 Å². The van der Waals surface area contributed by atoms with Crippen molar-refractivity contribution in [3.8, 4) is 0 Å². The summed E-state index contributed by atoms with van der Waals surface area (Å²) < 4.78 is 69.0. The number of alkyl halides is 2. The number of Topliss-reactive ketones (excluding diaryl/α,β-unsaturated/α-hetero) is 2. The Bertz CT molecular complexity index is 2290. The van der Waals surface area contributed by atoms with Gasteiger partial charge in [0.25, 0.3) is 11.8 Å². The highest BCUT2D eigenvalue weighted by atomic mass is 32.2. The molecule has 0 spiro atoms. The lowest BCUT2D eigenvalue weighted by atomic mass is 9.44. The van der Waals surface area contributed by atoms with Crippen LogP contribution in [0.4, 0.5) is 8.78 Å². The first-order valence-corrected chi connectivity index (χ1v) is 23.8. The maximum Gasteiger partial charge on any atom is 0.253 e. The summed E-state index contributed by atoms with van der Waals surface area (Å²) in [5.41, 5.74) is -4.16. The van der Waals surface area contributed by atoms with Gasteiger partial charge in [0.2, 0.25) is 0 Å². The van der Waals surface area contributed by atoms with Crippen molar-refractivity contribution in [1.29, 1.82) is 0 Å². The summed E-state index contributed by atoms with van der Waals surface area (Å²) >= 11 is 1.51. The number of aliphatic hydroxyl groups is 2. The molecule has 0 radical (unpaired) electrons. The van der Waals surface area contributed by atoms with Crippen LogP contribution in [-0.4, -0.2) is 134 Å². The summed E-state index contributed by atoms with van der Waals surface area (Å²) in [4.78, 5) is 52.7. The van der Waals surface area contributed by atoms with Gasteiger partial charge < -0.3 is 38.6 Å². The van der Waals surface area contributed by atoms with Gasteiger partial charge in [-0.15, -0.1) is 0 Å². The molecule has 13 nitrogen and oxygen atoms in total. The van der Waals surface area contributed by atoms with E-state index in [1.807, 2.05) is 48.5 Å². The molecule has 16 heteroatoms. The summed E-state index contributed by atoms with van der Waals surface area (Å²) in [6.07, 6.45) is 2.89. The maximum atomic E-state index is 17.8. The van der Waals surface area contributed by atoms with E-state index in [1.54, 1.807) is 32.1 Å². The minimum absolute atomic E-state index is 0.0444. The van der Waals surface area contributed by atoms with Crippen LogP contribution in [0.1, 0.15) is 56.9 Å². The third kappa shape index (κ3) is 9.33. The van der Waals surface area contributed by atoms with Gasteiger partial charge in [0, 0.05) is 57.1 Å². The van der Waals surface area contributed by atoms with Crippen LogP contribution >= 0.6 is 11.8 Å². The Kier molecular flexibility index (Phi) is 15.0. The van der Waals surface area contributed by atoms with Gasteiger partial charge in [-0.2, -0.15) is 0 Å². The number of amides is 2. The molecular weight excluding hydrogens is 889 g/mol. The second kappa shape index (κ2) is 20.4. The number of ether oxygens (including phenoxy) is 6. The maximum absolute atomic E-state index is 17.8. The molecule has 0 unspecified atom stereocenters. The fourth-order valence-corrected chi connectivity index (χ4v) is 12.3. The zero-order valence-corrected chi connectivity index (χ0v) is 38.7. The molecule has 2 aliphatic heterocycles. The van der Waals surface area contributed by atoms with Gasteiger partial charge >= 0.3 is 0 Å². The van der Waals surface area contributed by atoms with E-state index in [1.165, 1.54) is 23.9 Å². The lowest BCUT2D eigenvalue weighted by Crippen LogP contribution is -2.70. The summed E-state index contributed by atoms with van der Waals surface area (Å²) in [6.45, 7) is 9.35. The number of hydrogen-bond donors (Lipinski definition) is 2. The number of aliphatic hydroxyl groups excluding tert-OH is 2. The van der Waals surface area contributed by atoms with E-state index in [0.717, 1.165) is 20.3 Å². The smallest absolute Gasteiger partial charge is 0.253 e. The number of nitrogens with zero attached hydrogens (tertiary/aromatic N) is 1. The molecular formula is C51H59F2NO12S.